The third kappa shape index (κ3) is 3.82. The number of nitrogens with zero attached hydrogens (tertiary/aromatic N) is 1. The Balaban J connectivity index is 2.63. The average molecular weight is 407 g/mol. The molecule has 3 nitrogen and oxygen atoms in total. The SMILES string of the molecule is N#CC(=Cc1c(Cl)ccc(Cl)c1Cl)S(=O)(=O)c1ccc(Cl)cc1. The Morgan fingerprint density at radius 1 is 0.957 bits per heavy atom. The highest BCUT2D eigenvalue weighted by molar-refractivity contribution is 7.95. The summed E-state index contributed by atoms with van der Waals surface area (Å²) in [6.45, 7) is 0. The smallest absolute Gasteiger partial charge is 0.216 e. The zero-order valence-electron chi connectivity index (χ0n) is 11.2. The first kappa shape index (κ1) is 18.1. The third-order valence-corrected chi connectivity index (χ3v) is 5.96. The van der Waals surface area contributed by atoms with Gasteiger partial charge in [0.15, 0.2) is 0 Å². The van der Waals surface area contributed by atoms with E-state index in [2.05, 4.69) is 0 Å². The highest BCUT2D eigenvalue weighted by Gasteiger charge is 2.22. The summed E-state index contributed by atoms with van der Waals surface area (Å²) in [6.07, 6.45) is 1.10. The predicted octanol–water partition coefficient (Wildman–Crippen LogP) is 5.64. The van der Waals surface area contributed by atoms with Gasteiger partial charge in [0.25, 0.3) is 0 Å². The molecule has 0 heterocycles. The predicted molar refractivity (Wildman–Crippen MR) is 93.7 cm³/mol. The van der Waals surface area contributed by atoms with Crippen LogP contribution in [0.2, 0.25) is 20.1 Å². The molecule has 0 aliphatic carbocycles. The minimum Gasteiger partial charge on any atom is -0.218 e. The van der Waals surface area contributed by atoms with Crippen molar-refractivity contribution in [2.45, 2.75) is 4.90 Å². The zero-order chi connectivity index (χ0) is 17.2. The molecule has 0 atom stereocenters. The molecule has 0 aliphatic heterocycles. The van der Waals surface area contributed by atoms with E-state index in [1.54, 1.807) is 6.07 Å². The van der Waals surface area contributed by atoms with Crippen molar-refractivity contribution in [3.05, 3.63) is 67.0 Å². The number of rotatable bonds is 3. The average Bonchev–Trinajstić information content (AvgIpc) is 2.51. The molecule has 0 aromatic heterocycles. The number of benzene rings is 2. The molecule has 0 bridgehead atoms. The van der Waals surface area contributed by atoms with Gasteiger partial charge in [0.05, 0.1) is 14.9 Å². The Hall–Kier alpha value is -1.22. The second kappa shape index (κ2) is 7.12. The molecule has 0 saturated carbocycles. The van der Waals surface area contributed by atoms with Crippen LogP contribution in [-0.4, -0.2) is 8.42 Å². The van der Waals surface area contributed by atoms with Crippen LogP contribution in [0.3, 0.4) is 0 Å². The van der Waals surface area contributed by atoms with Crippen LogP contribution in [0.4, 0.5) is 0 Å². The maximum Gasteiger partial charge on any atom is 0.216 e. The Morgan fingerprint density at radius 3 is 2.09 bits per heavy atom. The second-order valence-electron chi connectivity index (χ2n) is 4.33. The molecule has 0 N–H and O–H groups in total. The fourth-order valence-electron chi connectivity index (χ4n) is 1.72. The fourth-order valence-corrected chi connectivity index (χ4v) is 3.63. The molecule has 0 spiro atoms. The molecule has 0 radical (unpaired) electrons. The largest absolute Gasteiger partial charge is 0.218 e. The molecule has 8 heteroatoms. The van der Waals surface area contributed by atoms with Gasteiger partial charge in [-0.15, -0.1) is 0 Å². The summed E-state index contributed by atoms with van der Waals surface area (Å²) in [7, 11) is -4.03. The molecule has 0 saturated heterocycles. The molecular formula is C15H7Cl4NO2S. The lowest BCUT2D eigenvalue weighted by Gasteiger charge is -2.06. The highest BCUT2D eigenvalue weighted by atomic mass is 35.5. The first-order valence-corrected chi connectivity index (χ1v) is 9.03. The third-order valence-electron chi connectivity index (χ3n) is 2.88. The van der Waals surface area contributed by atoms with Crippen LogP contribution < -0.4 is 0 Å². The van der Waals surface area contributed by atoms with Gasteiger partial charge in [0, 0.05) is 15.6 Å². The first-order valence-electron chi connectivity index (χ1n) is 6.03. The Kier molecular flexibility index (Phi) is 5.61. The van der Waals surface area contributed by atoms with E-state index in [9.17, 15) is 13.7 Å². The van der Waals surface area contributed by atoms with Crippen LogP contribution in [0.15, 0.2) is 46.2 Å². The number of hydrogen-bond acceptors (Lipinski definition) is 3. The summed E-state index contributed by atoms with van der Waals surface area (Å²) in [5, 5.41) is 10.1. The van der Waals surface area contributed by atoms with E-state index in [0.29, 0.717) is 5.02 Å². The van der Waals surface area contributed by atoms with E-state index in [1.165, 1.54) is 36.4 Å². The number of allylic oxidation sites excluding steroid dienone is 1. The molecule has 0 amide bonds. The summed E-state index contributed by atoms with van der Waals surface area (Å²) < 4.78 is 25.1. The summed E-state index contributed by atoms with van der Waals surface area (Å²) in [5.74, 6) is 0. The minimum atomic E-state index is -4.03. The van der Waals surface area contributed by atoms with Gasteiger partial charge < -0.3 is 0 Å². The quantitative estimate of drug-likeness (QED) is 0.489. The van der Waals surface area contributed by atoms with Crippen LogP contribution in [-0.2, 0) is 9.84 Å². The molecule has 0 fully saturated rings. The monoisotopic (exact) mass is 405 g/mol. The van der Waals surface area contributed by atoms with Crippen LogP contribution in [0.25, 0.3) is 6.08 Å². The van der Waals surface area contributed by atoms with Crippen molar-refractivity contribution in [3.8, 4) is 6.07 Å². The standard InChI is InChI=1S/C15H7Cl4NO2S/c16-9-1-3-10(4-2-9)23(21,22)11(8-20)7-12-13(17)5-6-14(18)15(12)19/h1-7H. The van der Waals surface area contributed by atoms with E-state index in [4.69, 9.17) is 46.4 Å². The second-order valence-corrected chi connectivity index (χ2v) is 7.88. The summed E-state index contributed by atoms with van der Waals surface area (Å²) in [4.78, 5) is -0.574. The van der Waals surface area contributed by atoms with Gasteiger partial charge in [0.2, 0.25) is 9.84 Å². The summed E-state index contributed by atoms with van der Waals surface area (Å²) in [6, 6.07) is 10.1. The molecule has 2 rings (SSSR count). The van der Waals surface area contributed by atoms with Crippen LogP contribution in [0.1, 0.15) is 5.56 Å². The Morgan fingerprint density at radius 2 is 1.52 bits per heavy atom. The lowest BCUT2D eigenvalue weighted by molar-refractivity contribution is 0.603. The van der Waals surface area contributed by atoms with Crippen molar-refractivity contribution in [1.82, 2.24) is 0 Å². The van der Waals surface area contributed by atoms with Gasteiger partial charge in [0.1, 0.15) is 11.0 Å². The van der Waals surface area contributed by atoms with Crippen molar-refractivity contribution in [2.24, 2.45) is 0 Å². The van der Waals surface area contributed by atoms with Gasteiger partial charge in [-0.1, -0.05) is 46.4 Å². The minimum absolute atomic E-state index is 0.0658. The van der Waals surface area contributed by atoms with Gasteiger partial charge >= 0.3 is 0 Å². The van der Waals surface area contributed by atoms with Crippen molar-refractivity contribution in [2.75, 3.05) is 0 Å². The van der Waals surface area contributed by atoms with E-state index in [1.807, 2.05) is 0 Å². The molecule has 118 valence electrons. The fraction of sp³-hybridized carbons (Fsp3) is 0. The van der Waals surface area contributed by atoms with Crippen molar-refractivity contribution in [3.63, 3.8) is 0 Å². The number of sulfone groups is 1. The van der Waals surface area contributed by atoms with Crippen LogP contribution in [0.5, 0.6) is 0 Å². The van der Waals surface area contributed by atoms with Gasteiger partial charge in [-0.05, 0) is 42.5 Å². The number of nitriles is 1. The molecule has 0 aliphatic rings. The van der Waals surface area contributed by atoms with E-state index >= 15 is 0 Å². The van der Waals surface area contributed by atoms with Gasteiger partial charge in [-0.2, -0.15) is 5.26 Å². The van der Waals surface area contributed by atoms with Crippen LogP contribution >= 0.6 is 46.4 Å². The number of hydrogen-bond donors (Lipinski definition) is 0. The first-order chi connectivity index (χ1) is 10.8. The highest BCUT2D eigenvalue weighted by Crippen LogP contribution is 2.34. The lowest BCUT2D eigenvalue weighted by atomic mass is 10.2. The van der Waals surface area contributed by atoms with Crippen LogP contribution in [0, 0.1) is 11.3 Å². The maximum absolute atomic E-state index is 12.5. The lowest BCUT2D eigenvalue weighted by Crippen LogP contribution is -2.03. The maximum atomic E-state index is 12.5. The molecular weight excluding hydrogens is 400 g/mol. The van der Waals surface area contributed by atoms with Crippen molar-refractivity contribution < 1.29 is 8.42 Å². The molecule has 23 heavy (non-hydrogen) atoms. The van der Waals surface area contributed by atoms with Gasteiger partial charge in [-0.25, -0.2) is 8.42 Å². The summed E-state index contributed by atoms with van der Waals surface area (Å²) in [5.41, 5.74) is 0.162. The molecule has 2 aromatic carbocycles. The van der Waals surface area contributed by atoms with Crippen molar-refractivity contribution in [1.29, 1.82) is 5.26 Å². The Labute approximate surface area is 153 Å². The normalized spacial score (nSPS) is 12.0. The van der Waals surface area contributed by atoms with E-state index < -0.39 is 14.7 Å². The number of halogens is 4. The molecule has 2 aromatic rings. The molecule has 0 unspecified atom stereocenters. The zero-order valence-corrected chi connectivity index (χ0v) is 15.1. The topological polar surface area (TPSA) is 57.9 Å². The van der Waals surface area contributed by atoms with E-state index in [0.717, 1.165) is 6.08 Å². The van der Waals surface area contributed by atoms with Crippen molar-refractivity contribution >= 4 is 62.3 Å². The summed E-state index contributed by atoms with van der Waals surface area (Å²) >= 11 is 23.7. The van der Waals surface area contributed by atoms with E-state index in [-0.39, 0.29) is 25.5 Å². The Bertz CT molecular complexity index is 929. The van der Waals surface area contributed by atoms with Gasteiger partial charge in [-0.3, -0.25) is 0 Å².